The Morgan fingerprint density at radius 1 is 1.29 bits per heavy atom. The van der Waals surface area contributed by atoms with Gasteiger partial charge in [0.1, 0.15) is 11.9 Å². The van der Waals surface area contributed by atoms with Gasteiger partial charge in [0, 0.05) is 19.4 Å². The van der Waals surface area contributed by atoms with Crippen molar-refractivity contribution < 1.29 is 13.6 Å². The average Bonchev–Trinajstić information content (AvgIpc) is 3.17. The Labute approximate surface area is 169 Å². The van der Waals surface area contributed by atoms with E-state index in [-0.39, 0.29) is 19.5 Å². The Hall–Kier alpha value is -1.93. The summed E-state index contributed by atoms with van der Waals surface area (Å²) in [6.07, 6.45) is 1.32. The molecule has 28 heavy (non-hydrogen) atoms. The van der Waals surface area contributed by atoms with E-state index in [1.165, 1.54) is 9.25 Å². The highest BCUT2D eigenvalue weighted by atomic mass is 35.5. The summed E-state index contributed by atoms with van der Waals surface area (Å²) in [4.78, 5) is 26.9. The van der Waals surface area contributed by atoms with Crippen molar-refractivity contribution >= 4 is 29.1 Å². The number of hydrogen-bond acceptors (Lipinski definition) is 3. The Morgan fingerprint density at radius 2 is 2.07 bits per heavy atom. The van der Waals surface area contributed by atoms with Gasteiger partial charge in [0.05, 0.1) is 23.1 Å². The molecule has 1 aromatic heterocycles. The summed E-state index contributed by atoms with van der Waals surface area (Å²) in [5.74, 6) is -2.80. The maximum Gasteiger partial charge on any atom is 0.346 e. The predicted octanol–water partition coefficient (Wildman–Crippen LogP) is 3.14. The lowest BCUT2D eigenvalue weighted by Gasteiger charge is -2.27. The van der Waals surface area contributed by atoms with Crippen molar-refractivity contribution in [3.8, 4) is 0 Å². The molecular weight excluding hydrogens is 413 g/mol. The zero-order chi connectivity index (χ0) is 20.1. The summed E-state index contributed by atoms with van der Waals surface area (Å²) in [6.45, 7) is -0.411. The van der Waals surface area contributed by atoms with Crippen LogP contribution in [-0.2, 0) is 17.8 Å². The van der Waals surface area contributed by atoms with E-state index < -0.39 is 30.1 Å². The molecule has 0 aliphatic carbocycles. The van der Waals surface area contributed by atoms with Crippen molar-refractivity contribution in [2.75, 3.05) is 13.1 Å². The molecule has 3 heterocycles. The van der Waals surface area contributed by atoms with Crippen molar-refractivity contribution in [3.63, 3.8) is 0 Å². The Balaban J connectivity index is 1.62. The number of alkyl halides is 2. The lowest BCUT2D eigenvalue weighted by Crippen LogP contribution is -2.42. The molecule has 0 saturated carbocycles. The number of fused-ring (bicyclic) bond motifs is 1. The Bertz CT molecular complexity index is 988. The number of rotatable bonds is 3. The number of amides is 1. The van der Waals surface area contributed by atoms with Gasteiger partial charge in [-0.3, -0.25) is 9.36 Å². The number of carbonyl (C=O) groups is 1. The van der Waals surface area contributed by atoms with Crippen LogP contribution in [0.3, 0.4) is 0 Å². The second kappa shape index (κ2) is 7.15. The summed E-state index contributed by atoms with van der Waals surface area (Å²) in [5.41, 5.74) is 0.319. The highest BCUT2D eigenvalue weighted by molar-refractivity contribution is 6.42. The Kier molecular flexibility index (Phi) is 4.95. The van der Waals surface area contributed by atoms with Crippen LogP contribution in [0, 0.1) is 0 Å². The fourth-order valence-corrected chi connectivity index (χ4v) is 4.13. The van der Waals surface area contributed by atoms with E-state index in [4.69, 9.17) is 23.2 Å². The monoisotopic (exact) mass is 430 g/mol. The SMILES string of the molecule is O=C(C1CCCc2nn(Cc3ccc(Cl)c(Cl)c3)c(=O)n21)N1CCC(F)(F)C1. The van der Waals surface area contributed by atoms with Crippen LogP contribution in [-0.4, -0.2) is 44.2 Å². The van der Waals surface area contributed by atoms with Gasteiger partial charge >= 0.3 is 5.69 Å². The zero-order valence-electron chi connectivity index (χ0n) is 14.9. The van der Waals surface area contributed by atoms with Gasteiger partial charge in [-0.25, -0.2) is 18.3 Å². The largest absolute Gasteiger partial charge is 0.346 e. The predicted molar refractivity (Wildman–Crippen MR) is 100 cm³/mol. The molecule has 4 rings (SSSR count). The molecule has 0 N–H and O–H groups in total. The fourth-order valence-electron chi connectivity index (χ4n) is 3.81. The molecule has 1 fully saturated rings. The minimum Gasteiger partial charge on any atom is -0.335 e. The molecule has 1 atom stereocenters. The van der Waals surface area contributed by atoms with Gasteiger partial charge in [-0.2, -0.15) is 5.10 Å². The molecule has 0 radical (unpaired) electrons. The first kappa shape index (κ1) is 19.4. The van der Waals surface area contributed by atoms with E-state index in [1.54, 1.807) is 18.2 Å². The van der Waals surface area contributed by atoms with Gasteiger partial charge in [0.25, 0.3) is 5.92 Å². The van der Waals surface area contributed by atoms with Gasteiger partial charge in [0.2, 0.25) is 5.91 Å². The number of likely N-dealkylation sites (tertiary alicyclic amines) is 1. The summed E-state index contributed by atoms with van der Waals surface area (Å²) in [7, 11) is 0. The average molecular weight is 431 g/mol. The van der Waals surface area contributed by atoms with E-state index in [2.05, 4.69) is 5.10 Å². The molecule has 0 bridgehead atoms. The second-order valence-electron chi connectivity index (χ2n) is 7.25. The highest BCUT2D eigenvalue weighted by Crippen LogP contribution is 2.31. The first-order chi connectivity index (χ1) is 13.2. The van der Waals surface area contributed by atoms with Crippen LogP contribution in [0.5, 0.6) is 0 Å². The standard InChI is InChI=1S/C18H18Cl2F2N4O2/c19-12-5-4-11(8-13(12)20)9-25-17(28)26-14(2-1-3-15(26)23-25)16(27)24-7-6-18(21,22)10-24/h4-5,8,14H,1-3,6-7,9-10H2. The fraction of sp³-hybridized carbons (Fsp3) is 0.500. The van der Waals surface area contributed by atoms with Crippen LogP contribution in [0.15, 0.2) is 23.0 Å². The van der Waals surface area contributed by atoms with Crippen molar-refractivity contribution in [1.29, 1.82) is 0 Å². The zero-order valence-corrected chi connectivity index (χ0v) is 16.4. The van der Waals surface area contributed by atoms with E-state index in [0.717, 1.165) is 10.5 Å². The van der Waals surface area contributed by atoms with E-state index in [0.29, 0.717) is 35.1 Å². The van der Waals surface area contributed by atoms with E-state index >= 15 is 0 Å². The van der Waals surface area contributed by atoms with Crippen LogP contribution in [0.4, 0.5) is 8.78 Å². The van der Waals surface area contributed by atoms with Gasteiger partial charge < -0.3 is 4.90 Å². The van der Waals surface area contributed by atoms with Crippen molar-refractivity contribution in [2.24, 2.45) is 0 Å². The van der Waals surface area contributed by atoms with Crippen LogP contribution in [0.25, 0.3) is 0 Å². The van der Waals surface area contributed by atoms with Crippen LogP contribution < -0.4 is 5.69 Å². The smallest absolute Gasteiger partial charge is 0.335 e. The lowest BCUT2D eigenvalue weighted by molar-refractivity contribution is -0.135. The maximum atomic E-state index is 13.5. The van der Waals surface area contributed by atoms with Crippen LogP contribution >= 0.6 is 23.2 Å². The van der Waals surface area contributed by atoms with E-state index in [9.17, 15) is 18.4 Å². The molecule has 0 spiro atoms. The minimum atomic E-state index is -2.86. The van der Waals surface area contributed by atoms with Gasteiger partial charge in [-0.1, -0.05) is 29.3 Å². The highest BCUT2D eigenvalue weighted by Gasteiger charge is 2.43. The number of aromatic nitrogens is 3. The number of nitrogens with zero attached hydrogens (tertiary/aromatic N) is 4. The third kappa shape index (κ3) is 3.55. The minimum absolute atomic E-state index is 0.00380. The van der Waals surface area contributed by atoms with Crippen LogP contribution in [0.1, 0.15) is 36.7 Å². The molecule has 2 aliphatic rings. The van der Waals surface area contributed by atoms with Crippen molar-refractivity contribution in [2.45, 2.75) is 44.2 Å². The first-order valence-electron chi connectivity index (χ1n) is 9.04. The summed E-state index contributed by atoms with van der Waals surface area (Å²) < 4.78 is 29.6. The molecule has 2 aromatic rings. The van der Waals surface area contributed by atoms with Crippen molar-refractivity contribution in [3.05, 3.63) is 50.1 Å². The number of benzene rings is 1. The molecule has 2 aliphatic heterocycles. The molecule has 150 valence electrons. The lowest BCUT2D eigenvalue weighted by atomic mass is 10.0. The molecular formula is C18H18Cl2F2N4O2. The molecule has 1 amide bonds. The van der Waals surface area contributed by atoms with Gasteiger partial charge in [-0.15, -0.1) is 0 Å². The quantitative estimate of drug-likeness (QED) is 0.751. The summed E-state index contributed by atoms with van der Waals surface area (Å²) >= 11 is 11.9. The molecule has 1 saturated heterocycles. The second-order valence-corrected chi connectivity index (χ2v) is 8.06. The summed E-state index contributed by atoms with van der Waals surface area (Å²) in [6, 6.07) is 4.25. The topological polar surface area (TPSA) is 60.1 Å². The van der Waals surface area contributed by atoms with Gasteiger partial charge in [0.15, 0.2) is 0 Å². The number of carbonyl (C=O) groups excluding carboxylic acids is 1. The molecule has 10 heteroatoms. The van der Waals surface area contributed by atoms with E-state index in [1.807, 2.05) is 0 Å². The number of hydrogen-bond donors (Lipinski definition) is 0. The van der Waals surface area contributed by atoms with Crippen molar-refractivity contribution in [1.82, 2.24) is 19.2 Å². The third-order valence-electron chi connectivity index (χ3n) is 5.21. The molecule has 1 unspecified atom stereocenters. The van der Waals surface area contributed by atoms with Crippen LogP contribution in [0.2, 0.25) is 10.0 Å². The number of aryl methyl sites for hydroxylation is 1. The Morgan fingerprint density at radius 3 is 2.75 bits per heavy atom. The normalized spacial score (nSPS) is 21.0. The molecule has 6 nitrogen and oxygen atoms in total. The third-order valence-corrected chi connectivity index (χ3v) is 5.95. The summed E-state index contributed by atoms with van der Waals surface area (Å²) in [5, 5.41) is 5.14. The maximum absolute atomic E-state index is 13.5. The van der Waals surface area contributed by atoms with Gasteiger partial charge in [-0.05, 0) is 30.5 Å². The number of halogens is 4. The first-order valence-corrected chi connectivity index (χ1v) is 9.79. The molecule has 1 aromatic carbocycles.